The van der Waals surface area contributed by atoms with E-state index in [0.717, 1.165) is 37.0 Å². The predicted molar refractivity (Wildman–Crippen MR) is 68.3 cm³/mol. The van der Waals surface area contributed by atoms with Crippen LogP contribution in [0.1, 0.15) is 25.1 Å². The van der Waals surface area contributed by atoms with Gasteiger partial charge in [-0.3, -0.25) is 0 Å². The summed E-state index contributed by atoms with van der Waals surface area (Å²) in [4.78, 5) is 8.85. The second-order valence-corrected chi connectivity index (χ2v) is 4.94. The van der Waals surface area contributed by atoms with Gasteiger partial charge in [0, 0.05) is 24.7 Å². The van der Waals surface area contributed by atoms with Crippen LogP contribution in [0.15, 0.2) is 6.07 Å². The Kier molecular flexibility index (Phi) is 2.84. The Hall–Kier alpha value is -1.36. The molecule has 2 heterocycles. The van der Waals surface area contributed by atoms with Gasteiger partial charge in [0.1, 0.15) is 17.5 Å². The molecule has 3 rings (SSSR count). The average Bonchev–Trinajstić information content (AvgIpc) is 2.92. The summed E-state index contributed by atoms with van der Waals surface area (Å²) < 4.78 is 0. The number of rotatable bonds is 4. The second kappa shape index (κ2) is 4.49. The van der Waals surface area contributed by atoms with Crippen LogP contribution in [0, 0.1) is 6.92 Å². The van der Waals surface area contributed by atoms with Gasteiger partial charge >= 0.3 is 0 Å². The van der Waals surface area contributed by atoms with Crippen LogP contribution < -0.4 is 16.0 Å². The first-order valence-corrected chi connectivity index (χ1v) is 6.39. The molecule has 17 heavy (non-hydrogen) atoms. The monoisotopic (exact) mass is 233 g/mol. The van der Waals surface area contributed by atoms with Crippen LogP contribution in [-0.4, -0.2) is 35.1 Å². The van der Waals surface area contributed by atoms with Crippen LogP contribution in [0.3, 0.4) is 0 Å². The van der Waals surface area contributed by atoms with E-state index in [1.54, 1.807) is 0 Å². The Morgan fingerprint density at radius 3 is 2.41 bits per heavy atom. The van der Waals surface area contributed by atoms with E-state index < -0.39 is 0 Å². The number of hydrogen-bond donors (Lipinski definition) is 3. The van der Waals surface area contributed by atoms with Gasteiger partial charge in [-0.1, -0.05) is 0 Å². The predicted octanol–water partition coefficient (Wildman–Crippen LogP) is 1.13. The lowest BCUT2D eigenvalue weighted by atomic mass is 10.2. The molecular formula is C12H19N5. The Morgan fingerprint density at radius 1 is 1.12 bits per heavy atom. The molecule has 1 aromatic heterocycles. The molecule has 1 unspecified atom stereocenters. The third kappa shape index (κ3) is 2.85. The molecule has 0 amide bonds. The van der Waals surface area contributed by atoms with E-state index in [2.05, 4.69) is 25.9 Å². The van der Waals surface area contributed by atoms with Gasteiger partial charge in [-0.25, -0.2) is 9.97 Å². The molecule has 1 saturated heterocycles. The van der Waals surface area contributed by atoms with Crippen LogP contribution >= 0.6 is 0 Å². The average molecular weight is 233 g/mol. The first-order valence-electron chi connectivity index (χ1n) is 6.39. The lowest BCUT2D eigenvalue weighted by Gasteiger charge is -2.13. The van der Waals surface area contributed by atoms with Crippen molar-refractivity contribution in [2.24, 2.45) is 0 Å². The number of hydrogen-bond acceptors (Lipinski definition) is 5. The van der Waals surface area contributed by atoms with Crippen molar-refractivity contribution in [1.82, 2.24) is 15.3 Å². The van der Waals surface area contributed by atoms with Crippen LogP contribution in [0.2, 0.25) is 0 Å². The minimum absolute atomic E-state index is 0.498. The molecule has 0 aromatic carbocycles. The van der Waals surface area contributed by atoms with Gasteiger partial charge in [-0.2, -0.15) is 0 Å². The SMILES string of the molecule is Cc1nc(NC2CC2)cc(NC2CCNC2)n1. The third-order valence-electron chi connectivity index (χ3n) is 3.18. The van der Waals surface area contributed by atoms with E-state index in [9.17, 15) is 0 Å². The van der Waals surface area contributed by atoms with Crippen LogP contribution in [0.4, 0.5) is 11.6 Å². The number of nitrogens with zero attached hydrogens (tertiary/aromatic N) is 2. The van der Waals surface area contributed by atoms with Crippen molar-refractivity contribution in [3.8, 4) is 0 Å². The minimum atomic E-state index is 0.498. The summed E-state index contributed by atoms with van der Waals surface area (Å²) in [5, 5.41) is 10.2. The van der Waals surface area contributed by atoms with E-state index in [4.69, 9.17) is 0 Å². The van der Waals surface area contributed by atoms with Gasteiger partial charge in [0.05, 0.1) is 0 Å². The summed E-state index contributed by atoms with van der Waals surface area (Å²) in [5.74, 6) is 2.71. The Morgan fingerprint density at radius 2 is 1.82 bits per heavy atom. The number of aryl methyl sites for hydroxylation is 1. The largest absolute Gasteiger partial charge is 0.367 e. The third-order valence-corrected chi connectivity index (χ3v) is 3.18. The quantitative estimate of drug-likeness (QED) is 0.728. The first-order chi connectivity index (χ1) is 8.29. The summed E-state index contributed by atoms with van der Waals surface area (Å²) in [6.45, 7) is 4.06. The standard InChI is InChI=1S/C12H19N5/c1-8-14-11(16-9-2-3-9)6-12(15-8)17-10-4-5-13-7-10/h6,9-10,13H,2-5,7H2,1H3,(H2,14,15,16,17). The zero-order valence-electron chi connectivity index (χ0n) is 10.2. The lowest BCUT2D eigenvalue weighted by molar-refractivity contribution is 0.785. The Balaban J connectivity index is 1.70. The zero-order valence-corrected chi connectivity index (χ0v) is 10.2. The first kappa shape index (κ1) is 10.8. The van der Waals surface area contributed by atoms with Crippen LogP contribution in [0.5, 0.6) is 0 Å². The molecule has 2 aliphatic rings. The molecule has 1 aromatic rings. The van der Waals surface area contributed by atoms with E-state index in [1.165, 1.54) is 12.8 Å². The molecule has 1 aliphatic carbocycles. The van der Waals surface area contributed by atoms with Crippen molar-refractivity contribution in [3.63, 3.8) is 0 Å². The maximum Gasteiger partial charge on any atom is 0.132 e. The highest BCUT2D eigenvalue weighted by Crippen LogP contribution is 2.24. The van der Waals surface area contributed by atoms with Crippen molar-refractivity contribution in [2.45, 2.75) is 38.3 Å². The smallest absolute Gasteiger partial charge is 0.132 e. The summed E-state index contributed by atoms with van der Waals surface area (Å²) in [5.41, 5.74) is 0. The Labute approximate surface area is 101 Å². The fraction of sp³-hybridized carbons (Fsp3) is 0.667. The molecule has 0 spiro atoms. The van der Waals surface area contributed by atoms with Crippen molar-refractivity contribution >= 4 is 11.6 Å². The summed E-state index contributed by atoms with van der Waals surface area (Å²) in [6, 6.07) is 3.15. The van der Waals surface area contributed by atoms with Gasteiger partial charge in [-0.15, -0.1) is 0 Å². The summed E-state index contributed by atoms with van der Waals surface area (Å²) in [7, 11) is 0. The van der Waals surface area contributed by atoms with Crippen LogP contribution in [0.25, 0.3) is 0 Å². The molecule has 1 atom stereocenters. The molecule has 1 aliphatic heterocycles. The Bertz CT molecular complexity index is 396. The molecule has 1 saturated carbocycles. The number of nitrogens with one attached hydrogen (secondary N) is 3. The highest BCUT2D eigenvalue weighted by Gasteiger charge is 2.22. The second-order valence-electron chi connectivity index (χ2n) is 4.94. The van der Waals surface area contributed by atoms with Crippen molar-refractivity contribution < 1.29 is 0 Å². The molecule has 2 fully saturated rings. The summed E-state index contributed by atoms with van der Waals surface area (Å²) >= 11 is 0. The van der Waals surface area contributed by atoms with Gasteiger partial charge in [0.15, 0.2) is 0 Å². The molecule has 5 nitrogen and oxygen atoms in total. The molecule has 0 bridgehead atoms. The maximum atomic E-state index is 4.44. The van der Waals surface area contributed by atoms with E-state index in [1.807, 2.05) is 13.0 Å². The number of anilines is 2. The molecular weight excluding hydrogens is 214 g/mol. The zero-order chi connectivity index (χ0) is 11.7. The van der Waals surface area contributed by atoms with E-state index in [-0.39, 0.29) is 0 Å². The normalized spacial score (nSPS) is 23.7. The van der Waals surface area contributed by atoms with E-state index >= 15 is 0 Å². The van der Waals surface area contributed by atoms with Gasteiger partial charge in [0.25, 0.3) is 0 Å². The minimum Gasteiger partial charge on any atom is -0.367 e. The highest BCUT2D eigenvalue weighted by molar-refractivity contribution is 5.49. The fourth-order valence-electron chi connectivity index (χ4n) is 2.14. The molecule has 92 valence electrons. The fourth-order valence-corrected chi connectivity index (χ4v) is 2.14. The summed E-state index contributed by atoms with van der Waals surface area (Å²) in [6.07, 6.45) is 3.69. The molecule has 3 N–H and O–H groups in total. The molecule has 5 heteroatoms. The van der Waals surface area contributed by atoms with Gasteiger partial charge in [0.2, 0.25) is 0 Å². The van der Waals surface area contributed by atoms with Crippen molar-refractivity contribution in [1.29, 1.82) is 0 Å². The van der Waals surface area contributed by atoms with Gasteiger partial charge < -0.3 is 16.0 Å². The maximum absolute atomic E-state index is 4.44. The lowest BCUT2D eigenvalue weighted by Crippen LogP contribution is -2.23. The van der Waals surface area contributed by atoms with Crippen molar-refractivity contribution in [3.05, 3.63) is 11.9 Å². The topological polar surface area (TPSA) is 61.9 Å². The van der Waals surface area contributed by atoms with E-state index in [0.29, 0.717) is 12.1 Å². The van der Waals surface area contributed by atoms with Gasteiger partial charge in [-0.05, 0) is 32.7 Å². The van der Waals surface area contributed by atoms with Crippen molar-refractivity contribution in [2.75, 3.05) is 23.7 Å². The van der Waals surface area contributed by atoms with Crippen LogP contribution in [-0.2, 0) is 0 Å². The number of aromatic nitrogens is 2. The highest BCUT2D eigenvalue weighted by atomic mass is 15.1. The molecule has 0 radical (unpaired) electrons.